The van der Waals surface area contributed by atoms with Gasteiger partial charge in [0.2, 0.25) is 0 Å². The first-order chi connectivity index (χ1) is 11.7. The second kappa shape index (κ2) is 7.91. The lowest BCUT2D eigenvalue weighted by Crippen LogP contribution is -2.02. The normalized spacial score (nSPS) is 15.5. The molecule has 1 aliphatic rings. The number of nitrogens with one attached hydrogen (secondary N) is 1. The van der Waals surface area contributed by atoms with Gasteiger partial charge in [-0.3, -0.25) is 4.79 Å². The highest BCUT2D eigenvalue weighted by atomic mass is 19.1. The van der Waals surface area contributed by atoms with Crippen LogP contribution in [0.1, 0.15) is 48.0 Å². The number of hydrogen-bond donors (Lipinski definition) is 1. The number of aldehydes is 1. The molecule has 0 aliphatic heterocycles. The van der Waals surface area contributed by atoms with Gasteiger partial charge in [-0.15, -0.1) is 0 Å². The summed E-state index contributed by atoms with van der Waals surface area (Å²) in [7, 11) is 0. The van der Waals surface area contributed by atoms with Crippen molar-refractivity contribution in [1.29, 1.82) is 0 Å². The Morgan fingerprint density at radius 3 is 2.46 bits per heavy atom. The average molecular weight is 323 g/mol. The summed E-state index contributed by atoms with van der Waals surface area (Å²) in [6, 6.07) is 11.9. The molecule has 2 aromatic carbocycles. The molecule has 1 aliphatic carbocycles. The van der Waals surface area contributed by atoms with Crippen molar-refractivity contribution in [3.8, 4) is 0 Å². The minimum absolute atomic E-state index is 0.277. The summed E-state index contributed by atoms with van der Waals surface area (Å²) in [5.41, 5.74) is 3.15. The third-order valence-electron chi connectivity index (χ3n) is 4.54. The minimum atomic E-state index is -0.277. The fourth-order valence-electron chi connectivity index (χ4n) is 3.15. The smallest absolute Gasteiger partial charge is 0.152 e. The van der Waals surface area contributed by atoms with E-state index in [1.807, 2.05) is 18.2 Å². The molecule has 0 aromatic heterocycles. The fraction of sp³-hybridized carbons (Fsp3) is 0.286. The number of carbonyl (C=O) groups is 1. The van der Waals surface area contributed by atoms with Crippen LogP contribution in [-0.2, 0) is 0 Å². The topological polar surface area (TPSA) is 29.1 Å². The zero-order valence-corrected chi connectivity index (χ0v) is 13.7. The van der Waals surface area contributed by atoms with Gasteiger partial charge < -0.3 is 5.32 Å². The van der Waals surface area contributed by atoms with Gasteiger partial charge in [0.1, 0.15) is 5.82 Å². The zero-order valence-electron chi connectivity index (χ0n) is 13.7. The molecule has 0 unspecified atom stereocenters. The summed E-state index contributed by atoms with van der Waals surface area (Å²) >= 11 is 0. The van der Waals surface area contributed by atoms with Crippen molar-refractivity contribution in [2.75, 3.05) is 5.32 Å². The molecule has 2 aromatic rings. The second-order valence-corrected chi connectivity index (χ2v) is 6.35. The van der Waals surface area contributed by atoms with Crippen LogP contribution in [0.15, 0.2) is 48.5 Å². The van der Waals surface area contributed by atoms with Crippen LogP contribution >= 0.6 is 0 Å². The van der Waals surface area contributed by atoms with Crippen LogP contribution in [0.25, 0.3) is 6.08 Å². The van der Waals surface area contributed by atoms with Crippen LogP contribution in [0, 0.1) is 11.7 Å². The van der Waals surface area contributed by atoms with Gasteiger partial charge in [-0.05, 0) is 60.7 Å². The van der Waals surface area contributed by atoms with Crippen molar-refractivity contribution in [2.45, 2.75) is 32.1 Å². The zero-order chi connectivity index (χ0) is 16.8. The summed E-state index contributed by atoms with van der Waals surface area (Å²) in [4.78, 5) is 11.3. The Kier molecular flexibility index (Phi) is 5.42. The number of hydrogen-bond acceptors (Lipinski definition) is 2. The average Bonchev–Trinajstić information content (AvgIpc) is 2.63. The van der Waals surface area contributed by atoms with Crippen LogP contribution in [0.2, 0.25) is 0 Å². The molecule has 0 atom stereocenters. The van der Waals surface area contributed by atoms with E-state index in [0.717, 1.165) is 23.2 Å². The van der Waals surface area contributed by atoms with Crippen LogP contribution < -0.4 is 5.32 Å². The van der Waals surface area contributed by atoms with Crippen molar-refractivity contribution in [2.24, 2.45) is 5.92 Å². The molecule has 0 radical (unpaired) electrons. The van der Waals surface area contributed by atoms with E-state index in [0.29, 0.717) is 11.5 Å². The van der Waals surface area contributed by atoms with Crippen molar-refractivity contribution < 1.29 is 9.18 Å². The van der Waals surface area contributed by atoms with E-state index in [9.17, 15) is 9.18 Å². The first kappa shape index (κ1) is 16.4. The highest BCUT2D eigenvalue weighted by Crippen LogP contribution is 2.27. The molecule has 2 nitrogen and oxygen atoms in total. The van der Waals surface area contributed by atoms with Gasteiger partial charge in [0.15, 0.2) is 6.29 Å². The van der Waals surface area contributed by atoms with Gasteiger partial charge >= 0.3 is 0 Å². The Bertz CT molecular complexity index is 715. The first-order valence-electron chi connectivity index (χ1n) is 8.54. The predicted molar refractivity (Wildman–Crippen MR) is 97.1 cm³/mol. The van der Waals surface area contributed by atoms with Crippen LogP contribution in [0.3, 0.4) is 0 Å². The Hall–Kier alpha value is -2.42. The lowest BCUT2D eigenvalue weighted by molar-refractivity contribution is 0.112. The molecule has 0 saturated heterocycles. The largest absolute Gasteiger partial charge is 0.355 e. The monoisotopic (exact) mass is 323 g/mol. The fourth-order valence-corrected chi connectivity index (χ4v) is 3.15. The molecule has 3 rings (SSSR count). The van der Waals surface area contributed by atoms with Gasteiger partial charge in [-0.1, -0.05) is 37.5 Å². The SMILES string of the molecule is O=Cc1ccc(/C=C/C2CCCCC2)cc1Nc1ccc(F)cc1. The number of anilines is 2. The van der Waals surface area contributed by atoms with E-state index in [2.05, 4.69) is 17.5 Å². The first-order valence-corrected chi connectivity index (χ1v) is 8.54. The Labute approximate surface area is 142 Å². The van der Waals surface area contributed by atoms with E-state index < -0.39 is 0 Å². The summed E-state index contributed by atoms with van der Waals surface area (Å²) < 4.78 is 13.0. The van der Waals surface area contributed by atoms with Crippen LogP contribution in [0.4, 0.5) is 15.8 Å². The van der Waals surface area contributed by atoms with E-state index in [4.69, 9.17) is 0 Å². The minimum Gasteiger partial charge on any atom is -0.355 e. The van der Waals surface area contributed by atoms with Gasteiger partial charge in [0.25, 0.3) is 0 Å². The highest BCUT2D eigenvalue weighted by molar-refractivity contribution is 5.87. The third kappa shape index (κ3) is 4.31. The molecule has 1 fully saturated rings. The van der Waals surface area contributed by atoms with Gasteiger partial charge in [0.05, 0.1) is 0 Å². The summed E-state index contributed by atoms with van der Waals surface area (Å²) in [5, 5.41) is 3.20. The number of benzene rings is 2. The van der Waals surface area contributed by atoms with E-state index in [-0.39, 0.29) is 5.82 Å². The van der Waals surface area contributed by atoms with Gasteiger partial charge in [-0.2, -0.15) is 0 Å². The highest BCUT2D eigenvalue weighted by Gasteiger charge is 2.10. The molecule has 0 spiro atoms. The third-order valence-corrected chi connectivity index (χ3v) is 4.54. The van der Waals surface area contributed by atoms with Crippen LogP contribution in [0.5, 0.6) is 0 Å². The van der Waals surface area contributed by atoms with E-state index in [1.54, 1.807) is 12.1 Å². The maximum Gasteiger partial charge on any atom is 0.152 e. The molecular weight excluding hydrogens is 301 g/mol. The lowest BCUT2D eigenvalue weighted by Gasteiger charge is -2.17. The summed E-state index contributed by atoms with van der Waals surface area (Å²) in [5.74, 6) is 0.387. The lowest BCUT2D eigenvalue weighted by atomic mass is 9.89. The molecule has 3 heteroatoms. The number of rotatable bonds is 5. The summed E-state index contributed by atoms with van der Waals surface area (Å²) in [6.07, 6.45) is 11.8. The molecular formula is C21H22FNO. The molecule has 0 bridgehead atoms. The molecule has 1 N–H and O–H groups in total. The number of halogens is 1. The van der Waals surface area contributed by atoms with Crippen molar-refractivity contribution in [3.63, 3.8) is 0 Å². The Morgan fingerprint density at radius 1 is 1.00 bits per heavy atom. The van der Waals surface area contributed by atoms with Crippen molar-refractivity contribution in [3.05, 3.63) is 65.5 Å². The quantitative estimate of drug-likeness (QED) is 0.686. The van der Waals surface area contributed by atoms with Crippen molar-refractivity contribution in [1.82, 2.24) is 0 Å². The number of carbonyl (C=O) groups excluding carboxylic acids is 1. The van der Waals surface area contributed by atoms with Crippen LogP contribution in [-0.4, -0.2) is 6.29 Å². The number of allylic oxidation sites excluding steroid dienone is 1. The maximum absolute atomic E-state index is 13.0. The molecule has 124 valence electrons. The second-order valence-electron chi connectivity index (χ2n) is 6.35. The van der Waals surface area contributed by atoms with E-state index in [1.165, 1.54) is 44.2 Å². The summed E-state index contributed by atoms with van der Waals surface area (Å²) in [6.45, 7) is 0. The molecule has 0 amide bonds. The predicted octanol–water partition coefficient (Wildman–Crippen LogP) is 5.98. The molecule has 1 saturated carbocycles. The van der Waals surface area contributed by atoms with Crippen molar-refractivity contribution >= 4 is 23.7 Å². The Morgan fingerprint density at radius 2 is 1.75 bits per heavy atom. The Balaban J connectivity index is 1.78. The van der Waals surface area contributed by atoms with Gasteiger partial charge in [-0.25, -0.2) is 4.39 Å². The molecule has 24 heavy (non-hydrogen) atoms. The maximum atomic E-state index is 13.0. The molecule has 0 heterocycles. The standard InChI is InChI=1S/C21H22FNO/c22-19-10-12-20(13-11-19)23-21-14-17(8-9-18(21)15-24)7-6-16-4-2-1-3-5-16/h6-16,23H,1-5H2/b7-6+. The van der Waals surface area contributed by atoms with E-state index >= 15 is 0 Å². The van der Waals surface area contributed by atoms with Gasteiger partial charge in [0, 0.05) is 16.9 Å².